The quantitative estimate of drug-likeness (QED) is 0.424. The Kier molecular flexibility index (Phi) is 7.03. The number of hydrogen-bond donors (Lipinski definition) is 2. The van der Waals surface area contributed by atoms with Crippen LogP contribution in [-0.4, -0.2) is 43.7 Å². The van der Waals surface area contributed by atoms with Crippen molar-refractivity contribution in [2.75, 3.05) is 27.9 Å². The first-order chi connectivity index (χ1) is 15.1. The fourth-order valence-corrected chi connectivity index (χ4v) is 4.34. The molecule has 0 unspecified atom stereocenters. The maximum atomic E-state index is 12.7. The number of esters is 1. The molecule has 1 fully saturated rings. The minimum Gasteiger partial charge on any atom is -0.493 e. The molecule has 0 saturated carbocycles. The minimum absolute atomic E-state index is 0.0781. The van der Waals surface area contributed by atoms with Crippen LogP contribution in [-0.2, 0) is 26.9 Å². The number of benzene rings is 2. The predicted molar refractivity (Wildman–Crippen MR) is 115 cm³/mol. The van der Waals surface area contributed by atoms with Crippen molar-refractivity contribution in [1.29, 1.82) is 0 Å². The lowest BCUT2D eigenvalue weighted by atomic mass is 9.72. The van der Waals surface area contributed by atoms with Crippen LogP contribution in [0.2, 0.25) is 0 Å². The molecule has 0 amide bonds. The van der Waals surface area contributed by atoms with Crippen molar-refractivity contribution in [3.8, 4) is 23.0 Å². The van der Waals surface area contributed by atoms with Gasteiger partial charge in [0.05, 0.1) is 33.4 Å². The van der Waals surface area contributed by atoms with Gasteiger partial charge in [0.25, 0.3) is 0 Å². The first-order valence-corrected chi connectivity index (χ1v) is 11.4. The molecule has 1 aliphatic heterocycles. The number of rotatable bonds is 9. The van der Waals surface area contributed by atoms with Gasteiger partial charge in [0.2, 0.25) is 0 Å². The third-order valence-corrected chi connectivity index (χ3v) is 6.16. The maximum absolute atomic E-state index is 12.7. The largest absolute Gasteiger partial charge is 0.524 e. The Morgan fingerprint density at radius 1 is 0.969 bits per heavy atom. The fourth-order valence-electron chi connectivity index (χ4n) is 3.93. The van der Waals surface area contributed by atoms with Gasteiger partial charge in [-0.15, -0.1) is 0 Å². The van der Waals surface area contributed by atoms with Crippen molar-refractivity contribution in [3.63, 3.8) is 0 Å². The molecule has 0 bridgehead atoms. The monoisotopic (exact) mass is 466 g/mol. The summed E-state index contributed by atoms with van der Waals surface area (Å²) in [5, 5.41) is 0. The van der Waals surface area contributed by atoms with E-state index in [0.29, 0.717) is 30.9 Å². The zero-order chi connectivity index (χ0) is 23.5. The van der Waals surface area contributed by atoms with Crippen molar-refractivity contribution >= 4 is 13.8 Å². The summed E-state index contributed by atoms with van der Waals surface area (Å²) in [6.07, 6.45) is 0.954. The summed E-state index contributed by atoms with van der Waals surface area (Å²) in [6.45, 7) is 2.15. The summed E-state index contributed by atoms with van der Waals surface area (Å²) in [6, 6.07) is 10.3. The summed E-state index contributed by atoms with van der Waals surface area (Å²) in [5.41, 5.74) is 0.933. The van der Waals surface area contributed by atoms with Gasteiger partial charge in [-0.1, -0.05) is 12.1 Å². The Labute approximate surface area is 186 Å². The van der Waals surface area contributed by atoms with E-state index in [0.717, 1.165) is 11.1 Å². The van der Waals surface area contributed by atoms with Gasteiger partial charge < -0.3 is 23.5 Å². The highest BCUT2D eigenvalue weighted by Gasteiger charge is 2.48. The molecule has 1 heterocycles. The van der Waals surface area contributed by atoms with Crippen LogP contribution in [0.3, 0.4) is 0 Å². The smallest absolute Gasteiger partial charge is 0.493 e. The van der Waals surface area contributed by atoms with Gasteiger partial charge in [0.1, 0.15) is 0 Å². The molecule has 10 heteroatoms. The van der Waals surface area contributed by atoms with Crippen LogP contribution in [0.1, 0.15) is 18.1 Å². The van der Waals surface area contributed by atoms with E-state index in [4.69, 9.17) is 28.7 Å². The van der Waals surface area contributed by atoms with Gasteiger partial charge in [-0.3, -0.25) is 14.6 Å². The first-order valence-electron chi connectivity index (χ1n) is 9.90. The van der Waals surface area contributed by atoms with E-state index in [1.165, 1.54) is 13.2 Å². The molecular weight excluding hydrogens is 439 g/mol. The standard InChI is InChI=1S/C22H27O9P/c1-22(12-15-6-8-18(20(11-15)29-4)31-32(24,25)26)16(13-30-21(22)23)9-14-5-7-17(27-2)19(10-14)28-3/h5-8,10-11,16H,9,12-13H2,1-4H3,(H2,24,25,26)/t16-,22+/m0/s1. The summed E-state index contributed by atoms with van der Waals surface area (Å²) in [7, 11) is -0.216. The second-order valence-electron chi connectivity index (χ2n) is 7.85. The lowest BCUT2D eigenvalue weighted by Crippen LogP contribution is -2.33. The lowest BCUT2D eigenvalue weighted by Gasteiger charge is -2.27. The van der Waals surface area contributed by atoms with Gasteiger partial charge in [0.15, 0.2) is 23.0 Å². The Bertz CT molecular complexity index is 1030. The summed E-state index contributed by atoms with van der Waals surface area (Å²) in [5.74, 6) is 0.940. The van der Waals surface area contributed by atoms with Crippen LogP contribution in [0.4, 0.5) is 0 Å². The molecule has 1 aliphatic rings. The second-order valence-corrected chi connectivity index (χ2v) is 9.01. The number of ether oxygens (including phenoxy) is 4. The van der Waals surface area contributed by atoms with Gasteiger partial charge in [-0.25, -0.2) is 4.57 Å². The highest BCUT2D eigenvalue weighted by atomic mass is 31.2. The van der Waals surface area contributed by atoms with Crippen LogP contribution in [0.5, 0.6) is 23.0 Å². The fraction of sp³-hybridized carbons (Fsp3) is 0.409. The average Bonchev–Trinajstić information content (AvgIpc) is 3.01. The Morgan fingerprint density at radius 3 is 2.16 bits per heavy atom. The van der Waals surface area contributed by atoms with Crippen molar-refractivity contribution in [1.82, 2.24) is 0 Å². The van der Waals surface area contributed by atoms with Crippen LogP contribution in [0.25, 0.3) is 0 Å². The molecule has 1 saturated heterocycles. The number of phosphoric ester groups is 1. The number of methoxy groups -OCH3 is 3. The van der Waals surface area contributed by atoms with Gasteiger partial charge >= 0.3 is 13.8 Å². The van der Waals surface area contributed by atoms with E-state index < -0.39 is 13.2 Å². The third kappa shape index (κ3) is 5.18. The predicted octanol–water partition coefficient (Wildman–Crippen LogP) is 3.15. The molecule has 0 aromatic heterocycles. The average molecular weight is 466 g/mol. The Balaban J connectivity index is 1.84. The van der Waals surface area contributed by atoms with Gasteiger partial charge in [0, 0.05) is 5.92 Å². The molecule has 2 aromatic carbocycles. The molecule has 32 heavy (non-hydrogen) atoms. The van der Waals surface area contributed by atoms with Crippen molar-refractivity contribution < 1.29 is 42.6 Å². The number of carbonyl (C=O) groups is 1. The summed E-state index contributed by atoms with van der Waals surface area (Å²) in [4.78, 5) is 30.8. The van der Waals surface area contributed by atoms with E-state index in [-0.39, 0.29) is 23.4 Å². The topological polar surface area (TPSA) is 121 Å². The summed E-state index contributed by atoms with van der Waals surface area (Å²) >= 11 is 0. The molecule has 2 aromatic rings. The van der Waals surface area contributed by atoms with Gasteiger partial charge in [-0.05, 0) is 55.2 Å². The van der Waals surface area contributed by atoms with Crippen molar-refractivity contribution in [2.45, 2.75) is 19.8 Å². The van der Waals surface area contributed by atoms with E-state index >= 15 is 0 Å². The maximum Gasteiger partial charge on any atom is 0.524 e. The Morgan fingerprint density at radius 2 is 1.53 bits per heavy atom. The number of cyclic esters (lactones) is 1. The third-order valence-electron chi connectivity index (χ3n) is 5.73. The molecule has 2 N–H and O–H groups in total. The zero-order valence-corrected chi connectivity index (χ0v) is 19.3. The van der Waals surface area contributed by atoms with E-state index in [1.54, 1.807) is 26.4 Å². The molecule has 0 aliphatic carbocycles. The highest BCUT2D eigenvalue weighted by molar-refractivity contribution is 7.46. The first kappa shape index (κ1) is 23.9. The lowest BCUT2D eigenvalue weighted by molar-refractivity contribution is -0.145. The number of carbonyl (C=O) groups excluding carboxylic acids is 1. The minimum atomic E-state index is -4.73. The SMILES string of the molecule is COc1ccc(C[C@H]2COC(=O)[C@]2(C)Cc2ccc(OP(=O)(O)O)c(OC)c2)cc1OC. The van der Waals surface area contributed by atoms with Crippen molar-refractivity contribution in [3.05, 3.63) is 47.5 Å². The summed E-state index contributed by atoms with van der Waals surface area (Å²) < 4.78 is 37.1. The van der Waals surface area contributed by atoms with Gasteiger partial charge in [-0.2, -0.15) is 0 Å². The normalized spacial score (nSPS) is 20.6. The van der Waals surface area contributed by atoms with E-state index in [9.17, 15) is 9.36 Å². The molecule has 174 valence electrons. The number of hydrogen-bond acceptors (Lipinski definition) is 7. The second kappa shape index (κ2) is 9.40. The molecule has 0 radical (unpaired) electrons. The molecule has 2 atom stereocenters. The number of phosphoric acid groups is 1. The van der Waals surface area contributed by atoms with Crippen LogP contribution in [0.15, 0.2) is 36.4 Å². The zero-order valence-electron chi connectivity index (χ0n) is 18.4. The highest BCUT2D eigenvalue weighted by Crippen LogP contribution is 2.45. The van der Waals surface area contributed by atoms with Crippen molar-refractivity contribution in [2.24, 2.45) is 11.3 Å². The molecule has 3 rings (SSSR count). The van der Waals surface area contributed by atoms with Crippen LogP contribution in [0, 0.1) is 11.3 Å². The van der Waals surface area contributed by atoms with Crippen LogP contribution < -0.4 is 18.7 Å². The van der Waals surface area contributed by atoms with E-state index in [2.05, 4.69) is 4.52 Å². The van der Waals surface area contributed by atoms with E-state index in [1.807, 2.05) is 25.1 Å². The molecule has 0 spiro atoms. The Hall–Kier alpha value is -2.74. The van der Waals surface area contributed by atoms with Crippen LogP contribution >= 0.6 is 7.82 Å². The molecule has 9 nitrogen and oxygen atoms in total. The molecular formula is C22H27O9P.